The van der Waals surface area contributed by atoms with Crippen molar-refractivity contribution in [2.24, 2.45) is 0 Å². The van der Waals surface area contributed by atoms with Crippen molar-refractivity contribution in [2.75, 3.05) is 12.4 Å². The SMILES string of the molecule is COC(=O)c1cc(Oc2ccc([N+](=O)[O-])cn2)ccc1NC(=O)c1ccc(Cl)cc1Cl. The number of amides is 1. The molecular formula is C20H13Cl2N3O6. The van der Waals surface area contributed by atoms with Gasteiger partial charge < -0.3 is 14.8 Å². The Morgan fingerprint density at radius 2 is 1.84 bits per heavy atom. The van der Waals surface area contributed by atoms with E-state index in [4.69, 9.17) is 32.7 Å². The van der Waals surface area contributed by atoms with Gasteiger partial charge in [0.25, 0.3) is 11.6 Å². The molecule has 0 bridgehead atoms. The minimum atomic E-state index is -0.723. The third-order valence-electron chi connectivity index (χ3n) is 3.97. The molecule has 0 aliphatic heterocycles. The lowest BCUT2D eigenvalue weighted by Gasteiger charge is -2.13. The Hall–Kier alpha value is -3.69. The fourth-order valence-electron chi connectivity index (χ4n) is 2.50. The smallest absolute Gasteiger partial charge is 0.340 e. The highest BCUT2D eigenvalue weighted by molar-refractivity contribution is 6.37. The van der Waals surface area contributed by atoms with Crippen molar-refractivity contribution in [2.45, 2.75) is 0 Å². The first-order chi connectivity index (χ1) is 14.8. The van der Waals surface area contributed by atoms with Gasteiger partial charge in [-0.25, -0.2) is 9.78 Å². The highest BCUT2D eigenvalue weighted by Crippen LogP contribution is 2.28. The summed E-state index contributed by atoms with van der Waals surface area (Å²) in [7, 11) is 1.19. The third kappa shape index (κ3) is 5.27. The number of ether oxygens (including phenoxy) is 2. The Morgan fingerprint density at radius 3 is 2.45 bits per heavy atom. The number of carbonyl (C=O) groups is 2. The van der Waals surface area contributed by atoms with E-state index in [1.165, 1.54) is 55.6 Å². The van der Waals surface area contributed by atoms with Crippen LogP contribution in [0.2, 0.25) is 10.0 Å². The fraction of sp³-hybridized carbons (Fsp3) is 0.0500. The second kappa shape index (κ2) is 9.41. The van der Waals surface area contributed by atoms with Crippen LogP contribution in [0.3, 0.4) is 0 Å². The van der Waals surface area contributed by atoms with Crippen LogP contribution in [0.1, 0.15) is 20.7 Å². The molecule has 1 amide bonds. The Bertz CT molecular complexity index is 1170. The van der Waals surface area contributed by atoms with Crippen molar-refractivity contribution >= 4 is 46.5 Å². The molecule has 0 spiro atoms. The number of nitro groups is 1. The molecule has 0 radical (unpaired) electrons. The molecule has 0 aliphatic carbocycles. The van der Waals surface area contributed by atoms with E-state index in [2.05, 4.69) is 10.3 Å². The Balaban J connectivity index is 1.86. The molecule has 31 heavy (non-hydrogen) atoms. The maximum atomic E-state index is 12.6. The summed E-state index contributed by atoms with van der Waals surface area (Å²) in [6.07, 6.45) is 1.04. The van der Waals surface area contributed by atoms with Crippen LogP contribution in [0.5, 0.6) is 11.6 Å². The fourth-order valence-corrected chi connectivity index (χ4v) is 2.99. The number of anilines is 1. The van der Waals surface area contributed by atoms with E-state index < -0.39 is 16.8 Å². The van der Waals surface area contributed by atoms with Crippen LogP contribution in [-0.4, -0.2) is 28.9 Å². The maximum Gasteiger partial charge on any atom is 0.340 e. The summed E-state index contributed by atoms with van der Waals surface area (Å²) in [6, 6.07) is 11.2. The second-order valence-electron chi connectivity index (χ2n) is 5.99. The number of hydrogen-bond donors (Lipinski definition) is 1. The monoisotopic (exact) mass is 461 g/mol. The maximum absolute atomic E-state index is 12.6. The van der Waals surface area contributed by atoms with Gasteiger partial charge in [-0.05, 0) is 36.4 Å². The number of benzene rings is 2. The van der Waals surface area contributed by atoms with Crippen molar-refractivity contribution < 1.29 is 24.0 Å². The topological polar surface area (TPSA) is 121 Å². The third-order valence-corrected chi connectivity index (χ3v) is 4.52. The van der Waals surface area contributed by atoms with E-state index in [9.17, 15) is 19.7 Å². The van der Waals surface area contributed by atoms with Crippen LogP contribution in [0.4, 0.5) is 11.4 Å². The number of halogens is 2. The number of nitrogens with one attached hydrogen (secondary N) is 1. The molecule has 2 aromatic carbocycles. The summed E-state index contributed by atoms with van der Waals surface area (Å²) >= 11 is 11.9. The minimum Gasteiger partial charge on any atom is -0.465 e. The molecule has 1 heterocycles. The van der Waals surface area contributed by atoms with Crippen LogP contribution >= 0.6 is 23.2 Å². The summed E-state index contributed by atoms with van der Waals surface area (Å²) in [4.78, 5) is 38.8. The first-order valence-corrected chi connectivity index (χ1v) is 9.31. The van der Waals surface area contributed by atoms with Crippen LogP contribution in [0, 0.1) is 10.1 Å². The number of nitrogens with zero attached hydrogens (tertiary/aromatic N) is 2. The van der Waals surface area contributed by atoms with Crippen molar-refractivity contribution in [3.8, 4) is 11.6 Å². The van der Waals surface area contributed by atoms with Crippen molar-refractivity contribution in [1.82, 2.24) is 4.98 Å². The van der Waals surface area contributed by atoms with E-state index in [-0.39, 0.29) is 39.2 Å². The zero-order chi connectivity index (χ0) is 22.5. The van der Waals surface area contributed by atoms with Crippen LogP contribution in [0.25, 0.3) is 0 Å². The standard InChI is InChI=1S/C20H13Cl2N3O6/c1-30-20(27)15-9-13(31-18-7-3-12(10-23-18)25(28)29)4-6-17(15)24-19(26)14-5-2-11(21)8-16(14)22/h2-10H,1H3,(H,24,26). The minimum absolute atomic E-state index is 0.0142. The zero-order valence-corrected chi connectivity index (χ0v) is 17.3. The summed E-state index contributed by atoms with van der Waals surface area (Å²) in [5.74, 6) is -1.01. The van der Waals surface area contributed by atoms with E-state index in [0.29, 0.717) is 5.02 Å². The Labute approximate surface area is 185 Å². The average Bonchev–Trinajstić information content (AvgIpc) is 2.74. The van der Waals surface area contributed by atoms with Gasteiger partial charge in [0.2, 0.25) is 5.88 Å². The summed E-state index contributed by atoms with van der Waals surface area (Å²) < 4.78 is 10.3. The molecule has 1 aromatic heterocycles. The van der Waals surface area contributed by atoms with Crippen LogP contribution < -0.4 is 10.1 Å². The van der Waals surface area contributed by atoms with Gasteiger partial charge >= 0.3 is 5.97 Å². The second-order valence-corrected chi connectivity index (χ2v) is 6.83. The van der Waals surface area contributed by atoms with Gasteiger partial charge in [0.1, 0.15) is 11.9 Å². The van der Waals surface area contributed by atoms with Crippen molar-refractivity contribution in [3.63, 3.8) is 0 Å². The molecule has 11 heteroatoms. The predicted molar refractivity (Wildman–Crippen MR) is 113 cm³/mol. The molecule has 158 valence electrons. The molecule has 0 fully saturated rings. The normalized spacial score (nSPS) is 10.3. The van der Waals surface area contributed by atoms with E-state index in [1.807, 2.05) is 0 Å². The van der Waals surface area contributed by atoms with Crippen molar-refractivity contribution in [3.05, 3.63) is 86.0 Å². The van der Waals surface area contributed by atoms with Gasteiger partial charge in [0.15, 0.2) is 0 Å². The summed E-state index contributed by atoms with van der Waals surface area (Å²) in [5.41, 5.74) is 0.144. The Kier molecular flexibility index (Phi) is 6.68. The molecule has 3 rings (SSSR count). The number of methoxy groups -OCH3 is 1. The van der Waals surface area contributed by atoms with E-state index >= 15 is 0 Å². The quantitative estimate of drug-likeness (QED) is 0.306. The molecule has 0 unspecified atom stereocenters. The Morgan fingerprint density at radius 1 is 1.06 bits per heavy atom. The number of carbonyl (C=O) groups excluding carboxylic acids is 2. The van der Waals surface area contributed by atoms with Crippen LogP contribution in [-0.2, 0) is 4.74 Å². The van der Waals surface area contributed by atoms with Gasteiger partial charge in [-0.3, -0.25) is 14.9 Å². The van der Waals surface area contributed by atoms with Gasteiger partial charge in [-0.2, -0.15) is 0 Å². The average molecular weight is 462 g/mol. The molecule has 0 saturated heterocycles. The largest absolute Gasteiger partial charge is 0.465 e. The molecule has 0 atom stereocenters. The zero-order valence-electron chi connectivity index (χ0n) is 15.8. The first-order valence-electron chi connectivity index (χ1n) is 8.55. The predicted octanol–water partition coefficient (Wildman–Crippen LogP) is 5.13. The van der Waals surface area contributed by atoms with Gasteiger partial charge in [-0.1, -0.05) is 23.2 Å². The molecule has 0 aliphatic rings. The number of esters is 1. The molecular weight excluding hydrogens is 449 g/mol. The number of rotatable bonds is 6. The molecule has 3 aromatic rings. The van der Waals surface area contributed by atoms with Crippen LogP contribution in [0.15, 0.2) is 54.7 Å². The number of aromatic nitrogens is 1. The highest BCUT2D eigenvalue weighted by atomic mass is 35.5. The van der Waals surface area contributed by atoms with Gasteiger partial charge in [0, 0.05) is 17.2 Å². The molecule has 9 nitrogen and oxygen atoms in total. The van der Waals surface area contributed by atoms with Crippen molar-refractivity contribution in [1.29, 1.82) is 0 Å². The van der Waals surface area contributed by atoms with E-state index in [1.54, 1.807) is 0 Å². The number of pyridine rings is 1. The van der Waals surface area contributed by atoms with Gasteiger partial charge in [-0.15, -0.1) is 0 Å². The molecule has 0 saturated carbocycles. The van der Waals surface area contributed by atoms with Gasteiger partial charge in [0.05, 0.1) is 33.9 Å². The lowest BCUT2D eigenvalue weighted by Crippen LogP contribution is -2.16. The molecule has 1 N–H and O–H groups in total. The van der Waals surface area contributed by atoms with E-state index in [0.717, 1.165) is 6.20 Å². The number of hydrogen-bond acceptors (Lipinski definition) is 7. The highest BCUT2D eigenvalue weighted by Gasteiger charge is 2.18. The first kappa shape index (κ1) is 22.0. The summed E-state index contributed by atoms with van der Waals surface area (Å²) in [5, 5.41) is 13.8. The lowest BCUT2D eigenvalue weighted by molar-refractivity contribution is -0.385. The summed E-state index contributed by atoms with van der Waals surface area (Å²) in [6.45, 7) is 0. The lowest BCUT2D eigenvalue weighted by atomic mass is 10.1.